The summed E-state index contributed by atoms with van der Waals surface area (Å²) in [4.78, 5) is 8.43. The molecule has 0 amide bonds. The van der Waals surface area contributed by atoms with Crippen LogP contribution in [0.1, 0.15) is 0 Å². The fourth-order valence-corrected chi connectivity index (χ4v) is 3.49. The fourth-order valence-electron chi connectivity index (χ4n) is 3.31. The molecule has 1 aliphatic heterocycles. The van der Waals surface area contributed by atoms with Crippen LogP contribution >= 0.6 is 11.6 Å². The zero-order valence-electron chi connectivity index (χ0n) is 13.7. The van der Waals surface area contributed by atoms with E-state index in [-0.39, 0.29) is 10.8 Å². The highest BCUT2D eigenvalue weighted by atomic mass is 35.5. The summed E-state index contributed by atoms with van der Waals surface area (Å²) >= 11 is 6.05. The Morgan fingerprint density at radius 1 is 0.846 bits per heavy atom. The van der Waals surface area contributed by atoms with Crippen LogP contribution in [0, 0.1) is 17.5 Å². The topological polar surface area (TPSA) is 19.4 Å². The molecule has 134 valence electrons. The Kier molecular flexibility index (Phi) is 4.36. The van der Waals surface area contributed by atoms with Gasteiger partial charge >= 0.3 is 0 Å². The third-order valence-corrected chi connectivity index (χ3v) is 4.87. The minimum absolute atomic E-state index is 0.0335. The largest absolute Gasteiger partial charge is 0.368 e. The first-order valence-electron chi connectivity index (χ1n) is 8.22. The molecule has 0 N–H and O–H groups in total. The highest BCUT2D eigenvalue weighted by Crippen LogP contribution is 2.30. The highest BCUT2D eigenvalue weighted by molar-refractivity contribution is 6.30. The van der Waals surface area contributed by atoms with Gasteiger partial charge in [-0.05, 0) is 30.3 Å². The molecule has 1 saturated heterocycles. The molecule has 0 spiro atoms. The molecule has 26 heavy (non-hydrogen) atoms. The van der Waals surface area contributed by atoms with Gasteiger partial charge in [0.1, 0.15) is 5.82 Å². The predicted molar refractivity (Wildman–Crippen MR) is 97.5 cm³/mol. The van der Waals surface area contributed by atoms with Crippen molar-refractivity contribution in [3.63, 3.8) is 0 Å². The molecular weight excluding hydrogens is 363 g/mol. The standard InChI is InChI=1S/C19H15ClF3N3/c20-12-2-1-3-13(10-12)25-6-8-26(9-7-25)19-15-11-16(21)18(23)17(22)14(15)4-5-24-19/h1-5,10-11H,6-9H2. The van der Waals surface area contributed by atoms with Crippen LogP contribution in [0.5, 0.6) is 0 Å². The fraction of sp³-hybridized carbons (Fsp3) is 0.211. The minimum atomic E-state index is -1.46. The normalized spacial score (nSPS) is 14.9. The first-order valence-corrected chi connectivity index (χ1v) is 8.60. The van der Waals surface area contributed by atoms with Crippen molar-refractivity contribution < 1.29 is 13.2 Å². The third-order valence-electron chi connectivity index (χ3n) is 4.63. The van der Waals surface area contributed by atoms with Gasteiger partial charge in [-0.1, -0.05) is 17.7 Å². The minimum Gasteiger partial charge on any atom is -0.368 e. The molecule has 4 rings (SSSR count). The van der Waals surface area contributed by atoms with Crippen LogP contribution in [-0.2, 0) is 0 Å². The van der Waals surface area contributed by atoms with Crippen LogP contribution in [0.2, 0.25) is 5.02 Å². The van der Waals surface area contributed by atoms with Crippen LogP contribution in [-0.4, -0.2) is 31.2 Å². The Bertz CT molecular complexity index is 972. The van der Waals surface area contributed by atoms with Gasteiger partial charge in [-0.3, -0.25) is 0 Å². The summed E-state index contributed by atoms with van der Waals surface area (Å²) in [5.74, 6) is -3.38. The first kappa shape index (κ1) is 17.0. The van der Waals surface area contributed by atoms with Gasteiger partial charge in [0.15, 0.2) is 17.5 Å². The summed E-state index contributed by atoms with van der Waals surface area (Å²) in [6.07, 6.45) is 1.42. The third kappa shape index (κ3) is 2.94. The van der Waals surface area contributed by atoms with Crippen LogP contribution in [0.4, 0.5) is 24.7 Å². The van der Waals surface area contributed by atoms with Crippen LogP contribution < -0.4 is 9.80 Å². The molecule has 0 bridgehead atoms. The van der Waals surface area contributed by atoms with Crippen molar-refractivity contribution >= 4 is 33.9 Å². The van der Waals surface area contributed by atoms with E-state index in [4.69, 9.17) is 11.6 Å². The van der Waals surface area contributed by atoms with E-state index in [9.17, 15) is 13.2 Å². The molecule has 0 atom stereocenters. The Hall–Kier alpha value is -2.47. The number of benzene rings is 2. The highest BCUT2D eigenvalue weighted by Gasteiger charge is 2.22. The number of halogens is 4. The van der Waals surface area contributed by atoms with E-state index in [1.54, 1.807) is 0 Å². The maximum Gasteiger partial charge on any atom is 0.195 e. The van der Waals surface area contributed by atoms with Crippen LogP contribution in [0.15, 0.2) is 42.6 Å². The first-order chi connectivity index (χ1) is 12.5. The molecule has 0 unspecified atom stereocenters. The van der Waals surface area contributed by atoms with Gasteiger partial charge in [0, 0.05) is 53.9 Å². The Balaban J connectivity index is 1.62. The van der Waals surface area contributed by atoms with E-state index in [1.165, 1.54) is 12.3 Å². The molecule has 0 radical (unpaired) electrons. The smallest absolute Gasteiger partial charge is 0.195 e. The van der Waals surface area contributed by atoms with Crippen molar-refractivity contribution in [2.45, 2.75) is 0 Å². The van der Waals surface area contributed by atoms with Gasteiger partial charge in [0.2, 0.25) is 0 Å². The van der Waals surface area contributed by atoms with E-state index in [2.05, 4.69) is 9.88 Å². The maximum absolute atomic E-state index is 14.0. The Morgan fingerprint density at radius 2 is 1.58 bits per heavy atom. The molecular formula is C19H15ClF3N3. The number of hydrogen-bond donors (Lipinski definition) is 0. The molecule has 2 aromatic carbocycles. The average Bonchev–Trinajstić information content (AvgIpc) is 2.66. The monoisotopic (exact) mass is 377 g/mol. The summed E-state index contributed by atoms with van der Waals surface area (Å²) in [5.41, 5.74) is 1.03. The number of pyridine rings is 1. The van der Waals surface area contributed by atoms with Crippen molar-refractivity contribution in [2.24, 2.45) is 0 Å². The quantitative estimate of drug-likeness (QED) is 0.607. The van der Waals surface area contributed by atoms with Crippen LogP contribution in [0.3, 0.4) is 0 Å². The van der Waals surface area contributed by atoms with E-state index >= 15 is 0 Å². The lowest BCUT2D eigenvalue weighted by atomic mass is 10.1. The summed E-state index contributed by atoms with van der Waals surface area (Å²) in [6, 6.07) is 9.99. The second kappa shape index (κ2) is 6.68. The zero-order valence-corrected chi connectivity index (χ0v) is 14.5. The lowest BCUT2D eigenvalue weighted by molar-refractivity contribution is 0.453. The van der Waals surface area contributed by atoms with Crippen LogP contribution in [0.25, 0.3) is 10.8 Å². The van der Waals surface area contributed by atoms with Gasteiger partial charge in [-0.15, -0.1) is 0 Å². The lowest BCUT2D eigenvalue weighted by Crippen LogP contribution is -2.46. The molecule has 0 aliphatic carbocycles. The van der Waals surface area contributed by atoms with Crippen molar-refractivity contribution in [1.82, 2.24) is 4.98 Å². The molecule has 0 saturated carbocycles. The van der Waals surface area contributed by atoms with E-state index in [1.807, 2.05) is 29.2 Å². The van der Waals surface area contributed by atoms with E-state index in [0.717, 1.165) is 11.8 Å². The maximum atomic E-state index is 14.0. The van der Waals surface area contributed by atoms with Crippen molar-refractivity contribution in [3.05, 3.63) is 65.1 Å². The number of piperazine rings is 1. The van der Waals surface area contributed by atoms with E-state index in [0.29, 0.717) is 37.0 Å². The van der Waals surface area contributed by atoms with Gasteiger partial charge < -0.3 is 9.80 Å². The molecule has 3 aromatic rings. The summed E-state index contributed by atoms with van der Waals surface area (Å²) in [6.45, 7) is 2.67. The SMILES string of the molecule is Fc1cc2c(N3CCN(c4cccc(Cl)c4)CC3)nccc2c(F)c1F. The second-order valence-corrected chi connectivity index (χ2v) is 6.61. The second-order valence-electron chi connectivity index (χ2n) is 6.17. The number of nitrogens with zero attached hydrogens (tertiary/aromatic N) is 3. The van der Waals surface area contributed by atoms with Gasteiger partial charge in [-0.25, -0.2) is 18.2 Å². The number of anilines is 2. The van der Waals surface area contributed by atoms with E-state index < -0.39 is 17.5 Å². The molecule has 2 heterocycles. The lowest BCUT2D eigenvalue weighted by Gasteiger charge is -2.37. The molecule has 1 aliphatic rings. The van der Waals surface area contributed by atoms with Gasteiger partial charge in [-0.2, -0.15) is 0 Å². The summed E-state index contributed by atoms with van der Waals surface area (Å²) in [5, 5.41) is 0.986. The van der Waals surface area contributed by atoms with Crippen molar-refractivity contribution in [2.75, 3.05) is 36.0 Å². The number of rotatable bonds is 2. The number of aromatic nitrogens is 1. The van der Waals surface area contributed by atoms with Gasteiger partial charge in [0.25, 0.3) is 0 Å². The van der Waals surface area contributed by atoms with Gasteiger partial charge in [0.05, 0.1) is 0 Å². The number of fused-ring (bicyclic) bond motifs is 1. The summed E-state index contributed by atoms with van der Waals surface area (Å²) < 4.78 is 41.2. The molecule has 1 fully saturated rings. The zero-order chi connectivity index (χ0) is 18.3. The van der Waals surface area contributed by atoms with Crippen molar-refractivity contribution in [1.29, 1.82) is 0 Å². The molecule has 7 heteroatoms. The Labute approximate surface area is 153 Å². The summed E-state index contributed by atoms with van der Waals surface area (Å²) in [7, 11) is 0. The molecule has 1 aromatic heterocycles. The molecule has 3 nitrogen and oxygen atoms in total. The average molecular weight is 378 g/mol. The predicted octanol–water partition coefficient (Wildman–Crippen LogP) is 4.63. The van der Waals surface area contributed by atoms with Crippen molar-refractivity contribution in [3.8, 4) is 0 Å². The number of hydrogen-bond acceptors (Lipinski definition) is 3. The Morgan fingerprint density at radius 3 is 2.31 bits per heavy atom.